The highest BCUT2D eigenvalue weighted by Crippen LogP contribution is 2.40. The third-order valence-electron chi connectivity index (χ3n) is 5.73. The van der Waals surface area contributed by atoms with Crippen LogP contribution < -0.4 is 0 Å². The summed E-state index contributed by atoms with van der Waals surface area (Å²) in [5.41, 5.74) is 0.340. The predicted octanol–water partition coefficient (Wildman–Crippen LogP) is 3.63. The molecule has 0 amide bonds. The molecule has 4 atom stereocenters. The molecule has 0 aromatic heterocycles. The van der Waals surface area contributed by atoms with Crippen molar-refractivity contribution in [3.8, 4) is 0 Å². The Kier molecular flexibility index (Phi) is 4.78. The van der Waals surface area contributed by atoms with E-state index in [1.807, 2.05) is 0 Å². The van der Waals surface area contributed by atoms with Gasteiger partial charge in [0.25, 0.3) is 0 Å². The average Bonchev–Trinajstić information content (AvgIpc) is 2.87. The molecular formula is C17H31NO2. The van der Waals surface area contributed by atoms with Gasteiger partial charge in [-0.15, -0.1) is 0 Å². The van der Waals surface area contributed by atoms with Crippen LogP contribution in [0.5, 0.6) is 0 Å². The molecule has 0 aromatic carbocycles. The molecule has 20 heavy (non-hydrogen) atoms. The summed E-state index contributed by atoms with van der Waals surface area (Å²) < 4.78 is 0. The van der Waals surface area contributed by atoms with Crippen molar-refractivity contribution in [1.82, 2.24) is 4.90 Å². The van der Waals surface area contributed by atoms with E-state index in [2.05, 4.69) is 32.6 Å². The Morgan fingerprint density at radius 1 is 1.25 bits per heavy atom. The number of likely N-dealkylation sites (tertiary alicyclic amines) is 1. The highest BCUT2D eigenvalue weighted by molar-refractivity contribution is 5.71. The van der Waals surface area contributed by atoms with Crippen LogP contribution >= 0.6 is 0 Å². The molecule has 1 aliphatic heterocycles. The van der Waals surface area contributed by atoms with Crippen LogP contribution in [0, 0.1) is 23.2 Å². The number of carboxylic acids is 1. The van der Waals surface area contributed by atoms with E-state index in [4.69, 9.17) is 0 Å². The Morgan fingerprint density at radius 2 is 1.95 bits per heavy atom. The number of hydrogen-bond acceptors (Lipinski definition) is 2. The third kappa shape index (κ3) is 3.36. The van der Waals surface area contributed by atoms with Crippen LogP contribution in [0.3, 0.4) is 0 Å². The van der Waals surface area contributed by atoms with Crippen molar-refractivity contribution in [1.29, 1.82) is 0 Å². The van der Waals surface area contributed by atoms with Crippen molar-refractivity contribution in [2.24, 2.45) is 23.2 Å². The smallest absolute Gasteiger partial charge is 0.308 e. The lowest BCUT2D eigenvalue weighted by Gasteiger charge is -2.40. The first kappa shape index (κ1) is 15.8. The summed E-state index contributed by atoms with van der Waals surface area (Å²) in [6.07, 6.45) is 5.47. The zero-order chi connectivity index (χ0) is 14.9. The molecule has 3 nitrogen and oxygen atoms in total. The first-order valence-corrected chi connectivity index (χ1v) is 8.29. The molecule has 1 N–H and O–H groups in total. The van der Waals surface area contributed by atoms with Gasteiger partial charge in [-0.1, -0.05) is 34.1 Å². The number of rotatable bonds is 3. The maximum absolute atomic E-state index is 11.6. The van der Waals surface area contributed by atoms with Crippen LogP contribution in [0.4, 0.5) is 0 Å². The van der Waals surface area contributed by atoms with Crippen molar-refractivity contribution in [3.05, 3.63) is 0 Å². The van der Waals surface area contributed by atoms with Crippen molar-refractivity contribution >= 4 is 5.97 Å². The molecule has 0 aromatic rings. The van der Waals surface area contributed by atoms with Crippen LogP contribution in [0.15, 0.2) is 0 Å². The zero-order valence-electron chi connectivity index (χ0n) is 13.6. The summed E-state index contributed by atoms with van der Waals surface area (Å²) in [6, 6.07) is 0.276. The van der Waals surface area contributed by atoms with Crippen LogP contribution in [-0.4, -0.2) is 35.1 Å². The number of aliphatic carboxylic acids is 1. The van der Waals surface area contributed by atoms with Gasteiger partial charge in [0.1, 0.15) is 0 Å². The Bertz CT molecular complexity index is 347. The van der Waals surface area contributed by atoms with Gasteiger partial charge in [0.05, 0.1) is 5.92 Å². The summed E-state index contributed by atoms with van der Waals surface area (Å²) in [5.74, 6) is 0.712. The molecule has 2 aliphatic rings. The first-order valence-electron chi connectivity index (χ1n) is 8.29. The molecule has 0 bridgehead atoms. The third-order valence-corrected chi connectivity index (χ3v) is 5.73. The average molecular weight is 281 g/mol. The lowest BCUT2D eigenvalue weighted by atomic mass is 9.76. The van der Waals surface area contributed by atoms with Gasteiger partial charge >= 0.3 is 5.97 Å². The maximum atomic E-state index is 11.6. The minimum Gasteiger partial charge on any atom is -0.481 e. The molecule has 0 radical (unpaired) electrons. The Hall–Kier alpha value is -0.570. The summed E-state index contributed by atoms with van der Waals surface area (Å²) in [5, 5.41) is 9.53. The molecule has 1 heterocycles. The SMILES string of the molecule is CCC1CCC(C(=O)O)C(N2CCC(C(C)(C)C)C2)C1. The van der Waals surface area contributed by atoms with Gasteiger partial charge in [0.2, 0.25) is 0 Å². The van der Waals surface area contributed by atoms with Crippen LogP contribution in [0.25, 0.3) is 0 Å². The van der Waals surface area contributed by atoms with E-state index >= 15 is 0 Å². The highest BCUT2D eigenvalue weighted by Gasteiger charge is 2.42. The maximum Gasteiger partial charge on any atom is 0.308 e. The molecule has 2 rings (SSSR count). The van der Waals surface area contributed by atoms with E-state index in [1.165, 1.54) is 12.8 Å². The number of carboxylic acid groups (broad SMARTS) is 1. The fourth-order valence-corrected chi connectivity index (χ4v) is 4.09. The second kappa shape index (κ2) is 6.05. The molecular weight excluding hydrogens is 250 g/mol. The van der Waals surface area contributed by atoms with Gasteiger partial charge in [-0.25, -0.2) is 0 Å². The fourth-order valence-electron chi connectivity index (χ4n) is 4.09. The quantitative estimate of drug-likeness (QED) is 0.858. The van der Waals surface area contributed by atoms with Crippen LogP contribution in [0.1, 0.15) is 59.8 Å². The monoisotopic (exact) mass is 281 g/mol. The van der Waals surface area contributed by atoms with Crippen molar-refractivity contribution < 1.29 is 9.90 Å². The fraction of sp³-hybridized carbons (Fsp3) is 0.941. The van der Waals surface area contributed by atoms with E-state index in [1.54, 1.807) is 0 Å². The molecule has 2 fully saturated rings. The van der Waals surface area contributed by atoms with Gasteiger partial charge in [-0.2, -0.15) is 0 Å². The van der Waals surface area contributed by atoms with E-state index in [0.29, 0.717) is 11.3 Å². The molecule has 0 spiro atoms. The summed E-state index contributed by atoms with van der Waals surface area (Å²) in [6.45, 7) is 11.4. The minimum atomic E-state index is -0.580. The van der Waals surface area contributed by atoms with Crippen molar-refractivity contribution in [2.75, 3.05) is 13.1 Å². The van der Waals surface area contributed by atoms with E-state index in [0.717, 1.165) is 38.3 Å². The summed E-state index contributed by atoms with van der Waals surface area (Å²) in [7, 11) is 0. The molecule has 4 unspecified atom stereocenters. The van der Waals surface area contributed by atoms with Gasteiger partial charge in [-0.3, -0.25) is 9.69 Å². The van der Waals surface area contributed by atoms with Gasteiger partial charge in [0, 0.05) is 12.6 Å². The normalized spacial score (nSPS) is 36.2. The minimum absolute atomic E-state index is 0.142. The summed E-state index contributed by atoms with van der Waals surface area (Å²) in [4.78, 5) is 14.1. The highest BCUT2D eigenvalue weighted by atomic mass is 16.4. The van der Waals surface area contributed by atoms with Crippen LogP contribution in [-0.2, 0) is 4.79 Å². The van der Waals surface area contributed by atoms with Crippen molar-refractivity contribution in [3.63, 3.8) is 0 Å². The number of carbonyl (C=O) groups is 1. The topological polar surface area (TPSA) is 40.5 Å². The first-order chi connectivity index (χ1) is 9.32. The van der Waals surface area contributed by atoms with Gasteiger partial charge < -0.3 is 5.11 Å². The van der Waals surface area contributed by atoms with Gasteiger partial charge in [0.15, 0.2) is 0 Å². The van der Waals surface area contributed by atoms with Crippen LogP contribution in [0.2, 0.25) is 0 Å². The largest absolute Gasteiger partial charge is 0.481 e. The number of nitrogens with zero attached hydrogens (tertiary/aromatic N) is 1. The molecule has 1 saturated carbocycles. The second-order valence-electron chi connectivity index (χ2n) is 7.95. The molecule has 116 valence electrons. The lowest BCUT2D eigenvalue weighted by Crippen LogP contribution is -2.46. The molecule has 1 saturated heterocycles. The van der Waals surface area contributed by atoms with Crippen molar-refractivity contribution in [2.45, 2.75) is 65.8 Å². The Balaban J connectivity index is 2.06. The standard InChI is InChI=1S/C17H31NO2/c1-5-12-6-7-14(16(19)20)15(10-12)18-9-8-13(11-18)17(2,3)4/h12-15H,5-11H2,1-4H3,(H,19,20). The Morgan fingerprint density at radius 3 is 2.45 bits per heavy atom. The predicted molar refractivity (Wildman–Crippen MR) is 81.7 cm³/mol. The van der Waals surface area contributed by atoms with Gasteiger partial charge in [-0.05, 0) is 49.5 Å². The second-order valence-corrected chi connectivity index (χ2v) is 7.95. The zero-order valence-corrected chi connectivity index (χ0v) is 13.6. The molecule has 3 heteroatoms. The number of hydrogen-bond donors (Lipinski definition) is 1. The Labute approximate surface area is 123 Å². The van der Waals surface area contributed by atoms with E-state index < -0.39 is 5.97 Å². The summed E-state index contributed by atoms with van der Waals surface area (Å²) >= 11 is 0. The van der Waals surface area contributed by atoms with E-state index in [-0.39, 0.29) is 12.0 Å². The van der Waals surface area contributed by atoms with E-state index in [9.17, 15) is 9.90 Å². The molecule has 1 aliphatic carbocycles. The lowest BCUT2D eigenvalue weighted by molar-refractivity contribution is -0.146.